The van der Waals surface area contributed by atoms with Gasteiger partial charge in [-0.3, -0.25) is 9.59 Å². The highest BCUT2D eigenvalue weighted by atomic mass is 16.5. The van der Waals surface area contributed by atoms with E-state index in [2.05, 4.69) is 20.2 Å². The molecule has 1 aromatic carbocycles. The highest BCUT2D eigenvalue weighted by Gasteiger charge is 2.30. The summed E-state index contributed by atoms with van der Waals surface area (Å²) in [5.74, 6) is 1.08. The molecule has 30 heavy (non-hydrogen) atoms. The number of ether oxygens (including phenoxy) is 1. The lowest BCUT2D eigenvalue weighted by molar-refractivity contribution is -0.140. The maximum absolute atomic E-state index is 12.9. The SMILES string of the molecule is CN1C[C@@H](NC(=O)CCc2nc3ccccc3[nH]2)CC[C@@H](C(=O)N2CCOCC2)C1. The van der Waals surface area contributed by atoms with Gasteiger partial charge in [-0.25, -0.2) is 4.98 Å². The van der Waals surface area contributed by atoms with Gasteiger partial charge in [-0.05, 0) is 32.0 Å². The highest BCUT2D eigenvalue weighted by Crippen LogP contribution is 2.19. The molecule has 1 aromatic heterocycles. The molecule has 8 heteroatoms. The Bertz CT molecular complexity index is 844. The zero-order chi connectivity index (χ0) is 20.9. The minimum absolute atomic E-state index is 0.00875. The van der Waals surface area contributed by atoms with E-state index < -0.39 is 0 Å². The zero-order valence-corrected chi connectivity index (χ0v) is 17.6. The number of H-pyrrole nitrogens is 1. The number of likely N-dealkylation sites (tertiary alicyclic amines) is 1. The Morgan fingerprint density at radius 1 is 1.20 bits per heavy atom. The standard InChI is InChI=1S/C22H31N5O3/c1-26-14-16(22(29)27-10-12-30-13-11-27)6-7-17(15-26)23-21(28)9-8-20-24-18-4-2-3-5-19(18)25-20/h2-5,16-17H,6-15H2,1H3,(H,23,28)(H,24,25)/t16-,17+/m1/s1. The predicted octanol–water partition coefficient (Wildman–Crippen LogP) is 1.18. The fourth-order valence-corrected chi connectivity index (χ4v) is 4.43. The van der Waals surface area contributed by atoms with Crippen LogP contribution in [0, 0.1) is 5.92 Å². The number of fused-ring (bicyclic) bond motifs is 1. The second-order valence-corrected chi connectivity index (χ2v) is 8.40. The Labute approximate surface area is 177 Å². The number of nitrogens with one attached hydrogen (secondary N) is 2. The number of aromatic amines is 1. The summed E-state index contributed by atoms with van der Waals surface area (Å²) in [6.45, 7) is 4.11. The largest absolute Gasteiger partial charge is 0.378 e. The van der Waals surface area contributed by atoms with Crippen LogP contribution in [0.4, 0.5) is 0 Å². The third-order valence-electron chi connectivity index (χ3n) is 5.99. The van der Waals surface area contributed by atoms with Gasteiger partial charge in [-0.2, -0.15) is 0 Å². The van der Waals surface area contributed by atoms with Gasteiger partial charge in [0.1, 0.15) is 5.82 Å². The molecular weight excluding hydrogens is 382 g/mol. The normalized spacial score (nSPS) is 23.3. The molecule has 0 aliphatic carbocycles. The third kappa shape index (κ3) is 5.17. The van der Waals surface area contributed by atoms with Gasteiger partial charge in [-0.1, -0.05) is 12.1 Å². The van der Waals surface area contributed by atoms with Gasteiger partial charge in [0.25, 0.3) is 0 Å². The van der Waals surface area contributed by atoms with Crippen LogP contribution in [0.3, 0.4) is 0 Å². The third-order valence-corrected chi connectivity index (χ3v) is 5.99. The molecule has 2 amide bonds. The first kappa shape index (κ1) is 20.8. The maximum atomic E-state index is 12.9. The zero-order valence-electron chi connectivity index (χ0n) is 17.6. The van der Waals surface area contributed by atoms with Crippen LogP contribution in [0.5, 0.6) is 0 Å². The van der Waals surface area contributed by atoms with Crippen LogP contribution < -0.4 is 5.32 Å². The molecule has 0 spiro atoms. The average Bonchev–Trinajstić information content (AvgIpc) is 3.09. The molecule has 2 aliphatic rings. The molecule has 0 radical (unpaired) electrons. The second-order valence-electron chi connectivity index (χ2n) is 8.40. The minimum atomic E-state index is -0.00875. The number of amides is 2. The van der Waals surface area contributed by atoms with E-state index in [9.17, 15) is 9.59 Å². The fraction of sp³-hybridized carbons (Fsp3) is 0.591. The smallest absolute Gasteiger partial charge is 0.227 e. The van der Waals surface area contributed by atoms with E-state index in [0.717, 1.165) is 42.8 Å². The van der Waals surface area contributed by atoms with Crippen LogP contribution in [-0.2, 0) is 20.7 Å². The van der Waals surface area contributed by atoms with Crippen molar-refractivity contribution >= 4 is 22.8 Å². The summed E-state index contributed by atoms with van der Waals surface area (Å²) < 4.78 is 5.36. The van der Waals surface area contributed by atoms with Crippen LogP contribution in [0.1, 0.15) is 25.1 Å². The number of para-hydroxylation sites is 2. The highest BCUT2D eigenvalue weighted by molar-refractivity contribution is 5.79. The summed E-state index contributed by atoms with van der Waals surface area (Å²) in [4.78, 5) is 37.3. The van der Waals surface area contributed by atoms with E-state index in [4.69, 9.17) is 4.74 Å². The Morgan fingerprint density at radius 2 is 2.00 bits per heavy atom. The molecule has 2 aliphatic heterocycles. The van der Waals surface area contributed by atoms with Gasteiger partial charge in [0.15, 0.2) is 0 Å². The Morgan fingerprint density at radius 3 is 2.80 bits per heavy atom. The van der Waals surface area contributed by atoms with Gasteiger partial charge >= 0.3 is 0 Å². The second kappa shape index (κ2) is 9.57. The monoisotopic (exact) mass is 413 g/mol. The predicted molar refractivity (Wildman–Crippen MR) is 114 cm³/mol. The lowest BCUT2D eigenvalue weighted by Gasteiger charge is -2.31. The number of likely N-dealkylation sites (N-methyl/N-ethyl adjacent to an activating group) is 1. The Kier molecular flexibility index (Phi) is 6.64. The number of aromatic nitrogens is 2. The fourth-order valence-electron chi connectivity index (χ4n) is 4.43. The summed E-state index contributed by atoms with van der Waals surface area (Å²) >= 11 is 0. The number of hydrogen-bond acceptors (Lipinski definition) is 5. The van der Waals surface area contributed by atoms with Crippen molar-refractivity contribution in [3.05, 3.63) is 30.1 Å². The van der Waals surface area contributed by atoms with Crippen molar-refractivity contribution in [1.29, 1.82) is 0 Å². The van der Waals surface area contributed by atoms with Gasteiger partial charge in [0.2, 0.25) is 11.8 Å². The van der Waals surface area contributed by atoms with E-state index in [1.807, 2.05) is 36.2 Å². The molecule has 3 heterocycles. The van der Waals surface area contributed by atoms with E-state index in [-0.39, 0.29) is 23.8 Å². The molecule has 2 aromatic rings. The van der Waals surface area contributed by atoms with Gasteiger partial charge in [0, 0.05) is 45.1 Å². The van der Waals surface area contributed by atoms with Crippen molar-refractivity contribution in [3.8, 4) is 0 Å². The van der Waals surface area contributed by atoms with Crippen molar-refractivity contribution < 1.29 is 14.3 Å². The van der Waals surface area contributed by atoms with Crippen LogP contribution in [-0.4, -0.2) is 84.1 Å². The molecule has 2 atom stereocenters. The molecule has 0 saturated carbocycles. The maximum Gasteiger partial charge on any atom is 0.227 e. The van der Waals surface area contributed by atoms with Crippen molar-refractivity contribution in [2.75, 3.05) is 46.4 Å². The molecule has 0 bridgehead atoms. The Hall–Kier alpha value is -2.45. The van der Waals surface area contributed by atoms with E-state index in [1.165, 1.54) is 0 Å². The van der Waals surface area contributed by atoms with Crippen LogP contribution in [0.2, 0.25) is 0 Å². The molecule has 2 saturated heterocycles. The van der Waals surface area contributed by atoms with Crippen molar-refractivity contribution in [1.82, 2.24) is 25.1 Å². The summed E-state index contributed by atoms with van der Waals surface area (Å²) in [6.07, 6.45) is 2.61. The molecule has 2 N–H and O–H groups in total. The van der Waals surface area contributed by atoms with Gasteiger partial charge < -0.3 is 24.8 Å². The summed E-state index contributed by atoms with van der Waals surface area (Å²) in [5, 5.41) is 3.17. The number of hydrogen-bond donors (Lipinski definition) is 2. The van der Waals surface area contributed by atoms with Crippen molar-refractivity contribution in [2.45, 2.75) is 31.7 Å². The van der Waals surface area contributed by atoms with Crippen LogP contribution >= 0.6 is 0 Å². The first-order valence-electron chi connectivity index (χ1n) is 10.9. The minimum Gasteiger partial charge on any atom is -0.378 e. The summed E-state index contributed by atoms with van der Waals surface area (Å²) in [5.41, 5.74) is 1.92. The number of rotatable bonds is 5. The molecule has 2 fully saturated rings. The van der Waals surface area contributed by atoms with Gasteiger partial charge in [-0.15, -0.1) is 0 Å². The van der Waals surface area contributed by atoms with Crippen molar-refractivity contribution in [2.24, 2.45) is 5.92 Å². The number of benzene rings is 1. The van der Waals surface area contributed by atoms with Gasteiger partial charge in [0.05, 0.1) is 30.2 Å². The van der Waals surface area contributed by atoms with E-state index in [1.54, 1.807) is 0 Å². The topological polar surface area (TPSA) is 90.6 Å². The van der Waals surface area contributed by atoms with Crippen molar-refractivity contribution in [3.63, 3.8) is 0 Å². The first-order valence-corrected chi connectivity index (χ1v) is 10.9. The van der Waals surface area contributed by atoms with Crippen LogP contribution in [0.15, 0.2) is 24.3 Å². The molecule has 4 rings (SSSR count). The number of nitrogens with zero attached hydrogens (tertiary/aromatic N) is 3. The van der Waals surface area contributed by atoms with E-state index >= 15 is 0 Å². The Balaban J connectivity index is 1.26. The number of carbonyl (C=O) groups is 2. The quantitative estimate of drug-likeness (QED) is 0.768. The molecule has 162 valence electrons. The number of imidazole rings is 1. The average molecular weight is 414 g/mol. The van der Waals surface area contributed by atoms with E-state index in [0.29, 0.717) is 39.1 Å². The molecule has 0 unspecified atom stereocenters. The lowest BCUT2D eigenvalue weighted by atomic mass is 10.00. The molecule has 8 nitrogen and oxygen atoms in total. The number of aryl methyl sites for hydroxylation is 1. The number of morpholine rings is 1. The lowest BCUT2D eigenvalue weighted by Crippen LogP contribution is -2.46. The summed E-state index contributed by atoms with van der Waals surface area (Å²) in [6, 6.07) is 7.95. The first-order chi connectivity index (χ1) is 14.6. The summed E-state index contributed by atoms with van der Waals surface area (Å²) in [7, 11) is 2.03. The van der Waals surface area contributed by atoms with Crippen LogP contribution in [0.25, 0.3) is 11.0 Å². The molecular formula is C22H31N5O3. The number of carbonyl (C=O) groups excluding carboxylic acids is 2.